The molecule has 9 heavy (non-hydrogen) atoms. The van der Waals surface area contributed by atoms with E-state index in [1.807, 2.05) is 0 Å². The molecule has 3 heteroatoms. The monoisotopic (exact) mass is 189 g/mol. The van der Waals surface area contributed by atoms with Crippen molar-refractivity contribution in [2.75, 3.05) is 0 Å². The fourth-order valence-electron chi connectivity index (χ4n) is 0.477. The molecule has 0 bridgehead atoms. The molecule has 1 aromatic rings. The van der Waals surface area contributed by atoms with Crippen LogP contribution in [0.15, 0.2) is 22.7 Å². The van der Waals surface area contributed by atoms with Crippen molar-refractivity contribution in [2.24, 2.45) is 0 Å². The van der Waals surface area contributed by atoms with Crippen LogP contribution in [0.25, 0.3) is 0 Å². The van der Waals surface area contributed by atoms with Crippen molar-refractivity contribution in [1.29, 1.82) is 0 Å². The molecule has 1 nitrogen and oxygen atoms in total. The summed E-state index contributed by atoms with van der Waals surface area (Å²) in [6.45, 7) is 0. The van der Waals surface area contributed by atoms with Gasteiger partial charge in [-0.2, -0.15) is 0 Å². The standard InChI is InChI=1S/C6H3BrFO/c7-5-2-1-4(9)3-6(5)8/h1-3H. The van der Waals surface area contributed by atoms with Gasteiger partial charge in [-0.25, -0.2) is 4.39 Å². The van der Waals surface area contributed by atoms with Crippen LogP contribution in [-0.2, 0) is 5.11 Å². The fraction of sp³-hybridized carbons (Fsp3) is 0. The molecular formula is C6H3BrFO. The van der Waals surface area contributed by atoms with Crippen LogP contribution in [0, 0.1) is 5.82 Å². The third-order valence-electron chi connectivity index (χ3n) is 0.891. The molecule has 47 valence electrons. The Balaban J connectivity index is 3.17. The molecule has 0 unspecified atom stereocenters. The van der Waals surface area contributed by atoms with E-state index < -0.39 is 5.82 Å². The summed E-state index contributed by atoms with van der Waals surface area (Å²) in [7, 11) is 0. The third kappa shape index (κ3) is 1.42. The van der Waals surface area contributed by atoms with Crippen LogP contribution in [0.2, 0.25) is 0 Å². The Morgan fingerprint density at radius 1 is 1.44 bits per heavy atom. The van der Waals surface area contributed by atoms with Gasteiger partial charge in [0.2, 0.25) is 0 Å². The molecule has 0 aliphatic carbocycles. The van der Waals surface area contributed by atoms with E-state index in [0.29, 0.717) is 4.47 Å². The summed E-state index contributed by atoms with van der Waals surface area (Å²) >= 11 is 2.92. The summed E-state index contributed by atoms with van der Waals surface area (Å²) in [6.07, 6.45) is 0. The molecule has 0 N–H and O–H groups in total. The Kier molecular flexibility index (Phi) is 1.71. The van der Waals surface area contributed by atoms with E-state index in [-0.39, 0.29) is 5.75 Å². The van der Waals surface area contributed by atoms with Crippen molar-refractivity contribution >= 4 is 15.9 Å². The minimum absolute atomic E-state index is 0.310. The summed E-state index contributed by atoms with van der Waals surface area (Å²) in [5.41, 5.74) is 0. The van der Waals surface area contributed by atoms with E-state index in [1.165, 1.54) is 12.1 Å². The molecule has 0 atom stereocenters. The van der Waals surface area contributed by atoms with Crippen LogP contribution < -0.4 is 0 Å². The zero-order valence-corrected chi connectivity index (χ0v) is 5.98. The number of halogens is 2. The number of hydrogen-bond donors (Lipinski definition) is 0. The average Bonchev–Trinajstić information content (AvgIpc) is 1.80. The molecule has 1 radical (unpaired) electrons. The lowest BCUT2D eigenvalue weighted by molar-refractivity contribution is 0.352. The quantitative estimate of drug-likeness (QED) is 0.599. The SMILES string of the molecule is [O]c1ccc(Br)c(F)c1. The van der Waals surface area contributed by atoms with Gasteiger partial charge in [-0.05, 0) is 28.1 Å². The number of hydrogen-bond acceptors (Lipinski definition) is 0. The molecule has 0 spiro atoms. The highest BCUT2D eigenvalue weighted by Crippen LogP contribution is 2.19. The minimum Gasteiger partial charge on any atom is -0.290 e. The first-order valence-electron chi connectivity index (χ1n) is 2.32. The van der Waals surface area contributed by atoms with Crippen molar-refractivity contribution in [3.05, 3.63) is 28.5 Å². The van der Waals surface area contributed by atoms with Crippen LogP contribution in [0.5, 0.6) is 5.75 Å². The molecule has 1 rings (SSSR count). The van der Waals surface area contributed by atoms with Crippen LogP contribution >= 0.6 is 15.9 Å². The topological polar surface area (TPSA) is 19.9 Å². The highest BCUT2D eigenvalue weighted by molar-refractivity contribution is 9.10. The maximum atomic E-state index is 12.3. The van der Waals surface area contributed by atoms with Crippen LogP contribution in [0.1, 0.15) is 0 Å². The van der Waals surface area contributed by atoms with Gasteiger partial charge in [-0.15, -0.1) is 0 Å². The lowest BCUT2D eigenvalue weighted by atomic mass is 10.3. The van der Waals surface area contributed by atoms with E-state index in [9.17, 15) is 9.50 Å². The third-order valence-corrected chi connectivity index (χ3v) is 1.53. The lowest BCUT2D eigenvalue weighted by Crippen LogP contribution is -1.72. The molecular weight excluding hydrogens is 187 g/mol. The fourth-order valence-corrected chi connectivity index (χ4v) is 0.723. The smallest absolute Gasteiger partial charge is 0.181 e. The predicted octanol–water partition coefficient (Wildman–Crippen LogP) is 2.73. The van der Waals surface area contributed by atoms with Crippen molar-refractivity contribution < 1.29 is 9.50 Å². The van der Waals surface area contributed by atoms with E-state index in [2.05, 4.69) is 15.9 Å². The second kappa shape index (κ2) is 2.35. The molecule has 1 aromatic carbocycles. The Labute approximate surface area is 60.3 Å². The maximum Gasteiger partial charge on any atom is 0.181 e. The highest BCUT2D eigenvalue weighted by Gasteiger charge is 1.98. The second-order valence-corrected chi connectivity index (χ2v) is 2.43. The van der Waals surface area contributed by atoms with Crippen LogP contribution in [-0.4, -0.2) is 0 Å². The molecule has 0 heterocycles. The second-order valence-electron chi connectivity index (χ2n) is 1.58. The summed E-state index contributed by atoms with van der Waals surface area (Å²) in [5.74, 6) is -0.821. The van der Waals surface area contributed by atoms with E-state index >= 15 is 0 Å². The van der Waals surface area contributed by atoms with Gasteiger partial charge in [-0.3, -0.25) is 5.11 Å². The Bertz CT molecular complexity index is 224. The molecule has 0 aliphatic heterocycles. The van der Waals surface area contributed by atoms with Gasteiger partial charge in [0, 0.05) is 6.07 Å². The zero-order chi connectivity index (χ0) is 6.85. The van der Waals surface area contributed by atoms with Gasteiger partial charge in [0.1, 0.15) is 5.82 Å². The zero-order valence-electron chi connectivity index (χ0n) is 4.40. The largest absolute Gasteiger partial charge is 0.290 e. The molecule has 0 saturated carbocycles. The average molecular weight is 190 g/mol. The molecule has 0 amide bonds. The summed E-state index contributed by atoms with van der Waals surface area (Å²) in [6, 6.07) is 3.62. The van der Waals surface area contributed by atoms with Crippen LogP contribution in [0.3, 0.4) is 0 Å². The van der Waals surface area contributed by atoms with E-state index in [0.717, 1.165) is 6.07 Å². The van der Waals surface area contributed by atoms with Gasteiger partial charge in [0.15, 0.2) is 5.75 Å². The first kappa shape index (κ1) is 6.55. The highest BCUT2D eigenvalue weighted by atomic mass is 79.9. The molecule has 0 fully saturated rings. The molecule has 0 saturated heterocycles. The number of rotatable bonds is 0. The van der Waals surface area contributed by atoms with Gasteiger partial charge < -0.3 is 0 Å². The predicted molar refractivity (Wildman–Crippen MR) is 34.2 cm³/mol. The van der Waals surface area contributed by atoms with Gasteiger partial charge >= 0.3 is 0 Å². The van der Waals surface area contributed by atoms with E-state index in [1.54, 1.807) is 0 Å². The van der Waals surface area contributed by atoms with Crippen LogP contribution in [0.4, 0.5) is 4.39 Å². The minimum atomic E-state index is -0.512. The van der Waals surface area contributed by atoms with Gasteiger partial charge in [0.25, 0.3) is 0 Å². The Hall–Kier alpha value is -0.570. The Morgan fingerprint density at radius 2 is 2.11 bits per heavy atom. The molecule has 0 aliphatic rings. The first-order valence-corrected chi connectivity index (χ1v) is 3.11. The van der Waals surface area contributed by atoms with Crippen molar-refractivity contribution in [3.63, 3.8) is 0 Å². The first-order chi connectivity index (χ1) is 4.20. The van der Waals surface area contributed by atoms with Crippen molar-refractivity contribution in [1.82, 2.24) is 0 Å². The van der Waals surface area contributed by atoms with Gasteiger partial charge in [0.05, 0.1) is 4.47 Å². The van der Waals surface area contributed by atoms with Crippen molar-refractivity contribution in [2.45, 2.75) is 0 Å². The summed E-state index contributed by atoms with van der Waals surface area (Å²) in [4.78, 5) is 0. The van der Waals surface area contributed by atoms with Crippen molar-refractivity contribution in [3.8, 4) is 5.75 Å². The number of benzene rings is 1. The van der Waals surface area contributed by atoms with Gasteiger partial charge in [-0.1, -0.05) is 0 Å². The Morgan fingerprint density at radius 3 is 2.56 bits per heavy atom. The summed E-state index contributed by atoms with van der Waals surface area (Å²) in [5, 5.41) is 10.4. The maximum absolute atomic E-state index is 12.3. The lowest BCUT2D eigenvalue weighted by Gasteiger charge is -1.90. The summed E-state index contributed by atoms with van der Waals surface area (Å²) < 4.78 is 12.7. The molecule has 0 aromatic heterocycles. The normalized spacial score (nSPS) is 9.56. The van der Waals surface area contributed by atoms with E-state index in [4.69, 9.17) is 0 Å².